The predicted octanol–water partition coefficient (Wildman–Crippen LogP) is 2.43. The number of rotatable bonds is 8. The van der Waals surface area contributed by atoms with Crippen molar-refractivity contribution in [2.75, 3.05) is 26.0 Å². The highest BCUT2D eigenvalue weighted by Gasteiger charge is 2.46. The van der Waals surface area contributed by atoms with E-state index < -0.39 is 0 Å². The fraction of sp³-hybridized carbons (Fsp3) is 0.688. The van der Waals surface area contributed by atoms with E-state index in [1.54, 1.807) is 11.9 Å². The molecule has 2 aliphatic rings. The van der Waals surface area contributed by atoms with Crippen LogP contribution in [0.3, 0.4) is 0 Å². The Kier molecular flexibility index (Phi) is 5.03. The van der Waals surface area contributed by atoms with Crippen molar-refractivity contribution in [2.24, 2.45) is 11.8 Å². The summed E-state index contributed by atoms with van der Waals surface area (Å²) in [5.41, 5.74) is 1.34. The van der Waals surface area contributed by atoms with Crippen LogP contribution < -0.4 is 14.8 Å². The highest BCUT2D eigenvalue weighted by Crippen LogP contribution is 2.55. The number of pyridine rings is 1. The van der Waals surface area contributed by atoms with E-state index in [1.165, 1.54) is 18.4 Å². The maximum Gasteiger partial charge on any atom is 0.137 e. The second-order valence-corrected chi connectivity index (χ2v) is 6.84. The summed E-state index contributed by atoms with van der Waals surface area (Å²) < 4.78 is 9.20. The Hall–Kier alpha value is -0.780. The first-order chi connectivity index (χ1) is 10.3. The lowest BCUT2D eigenvalue weighted by Crippen LogP contribution is -2.46. The molecule has 1 aromatic heterocycles. The number of ether oxygens (including phenoxy) is 1. The number of nitrogens with one attached hydrogen (secondary N) is 2. The number of hydrogen-bond donors (Lipinski definition) is 2. The van der Waals surface area contributed by atoms with Crippen LogP contribution in [0.5, 0.6) is 5.75 Å². The Morgan fingerprint density at radius 1 is 1.48 bits per heavy atom. The lowest BCUT2D eigenvalue weighted by Gasteiger charge is -2.27. The third-order valence-electron chi connectivity index (χ3n) is 4.78. The van der Waals surface area contributed by atoms with E-state index in [2.05, 4.69) is 34.3 Å². The van der Waals surface area contributed by atoms with Crippen LogP contribution in [-0.2, 0) is 0 Å². The summed E-state index contributed by atoms with van der Waals surface area (Å²) in [4.78, 5) is 4.37. The topological polar surface area (TPSA) is 46.2 Å². The van der Waals surface area contributed by atoms with Gasteiger partial charge in [-0.3, -0.25) is 9.71 Å². The van der Waals surface area contributed by atoms with Crippen LogP contribution in [0.2, 0.25) is 0 Å². The Balaban J connectivity index is 1.53. The van der Waals surface area contributed by atoms with Gasteiger partial charge >= 0.3 is 0 Å². The molecule has 1 aliphatic carbocycles. The second kappa shape index (κ2) is 6.99. The summed E-state index contributed by atoms with van der Waals surface area (Å²) in [5.74, 6) is 3.13. The monoisotopic (exact) mass is 307 g/mol. The van der Waals surface area contributed by atoms with E-state index in [4.69, 9.17) is 4.74 Å². The molecule has 3 rings (SSSR count). The van der Waals surface area contributed by atoms with Gasteiger partial charge in [-0.1, -0.05) is 18.9 Å². The normalized spacial score (nSPS) is 30.8. The molecule has 4 unspecified atom stereocenters. The van der Waals surface area contributed by atoms with Gasteiger partial charge in [-0.25, -0.2) is 0 Å². The van der Waals surface area contributed by atoms with Crippen molar-refractivity contribution in [2.45, 2.75) is 31.7 Å². The van der Waals surface area contributed by atoms with Gasteiger partial charge in [-0.05, 0) is 55.0 Å². The Bertz CT molecular complexity index is 467. The third kappa shape index (κ3) is 3.71. The van der Waals surface area contributed by atoms with Crippen LogP contribution in [0, 0.1) is 11.8 Å². The molecule has 1 aliphatic heterocycles. The largest absolute Gasteiger partial charge is 0.490 e. The summed E-state index contributed by atoms with van der Waals surface area (Å²) >= 11 is 1.70. The summed E-state index contributed by atoms with van der Waals surface area (Å²) in [6.45, 7) is 5.31. The SMILES string of the molecule is CSNCCC1C(C)C1c1cncc(OCC2CCN2)c1. The van der Waals surface area contributed by atoms with Crippen LogP contribution in [0.15, 0.2) is 18.5 Å². The molecule has 0 bridgehead atoms. The van der Waals surface area contributed by atoms with Crippen molar-refractivity contribution in [1.29, 1.82) is 0 Å². The Morgan fingerprint density at radius 2 is 2.33 bits per heavy atom. The minimum atomic E-state index is 0.527. The zero-order valence-corrected chi connectivity index (χ0v) is 13.7. The summed E-state index contributed by atoms with van der Waals surface area (Å²) in [7, 11) is 0. The predicted molar refractivity (Wildman–Crippen MR) is 87.7 cm³/mol. The smallest absolute Gasteiger partial charge is 0.137 e. The summed E-state index contributed by atoms with van der Waals surface area (Å²) in [5, 5.41) is 3.35. The van der Waals surface area contributed by atoms with Crippen molar-refractivity contribution < 1.29 is 4.74 Å². The van der Waals surface area contributed by atoms with Gasteiger partial charge in [0, 0.05) is 18.8 Å². The zero-order chi connectivity index (χ0) is 14.7. The summed E-state index contributed by atoms with van der Waals surface area (Å²) in [6.07, 6.45) is 8.38. The van der Waals surface area contributed by atoms with Gasteiger partial charge in [0.15, 0.2) is 0 Å². The molecule has 0 aromatic carbocycles. The molecule has 0 radical (unpaired) electrons. The van der Waals surface area contributed by atoms with Gasteiger partial charge in [-0.2, -0.15) is 0 Å². The third-order valence-corrected chi connectivity index (χ3v) is 5.28. The number of hydrogen-bond acceptors (Lipinski definition) is 5. The molecule has 0 amide bonds. The zero-order valence-electron chi connectivity index (χ0n) is 12.8. The minimum Gasteiger partial charge on any atom is -0.490 e. The molecule has 1 saturated heterocycles. The maximum atomic E-state index is 5.86. The van der Waals surface area contributed by atoms with Crippen LogP contribution in [-0.4, -0.2) is 37.0 Å². The second-order valence-electron chi connectivity index (χ2n) is 6.14. The van der Waals surface area contributed by atoms with E-state index in [9.17, 15) is 0 Å². The van der Waals surface area contributed by atoms with Crippen LogP contribution in [0.25, 0.3) is 0 Å². The molecular weight excluding hydrogens is 282 g/mol. The standard InChI is InChI=1S/C16H25N3OS/c1-11-15(4-6-19-21-2)16(11)12-7-14(9-17-8-12)20-10-13-3-5-18-13/h7-9,11,13,15-16,18-19H,3-6,10H2,1-2H3. The van der Waals surface area contributed by atoms with Crippen molar-refractivity contribution >= 4 is 11.9 Å². The molecule has 116 valence electrons. The van der Waals surface area contributed by atoms with Crippen molar-refractivity contribution in [3.63, 3.8) is 0 Å². The highest BCUT2D eigenvalue weighted by molar-refractivity contribution is 7.96. The Labute approximate surface area is 131 Å². The van der Waals surface area contributed by atoms with E-state index in [0.29, 0.717) is 12.0 Å². The molecule has 2 N–H and O–H groups in total. The Morgan fingerprint density at radius 3 is 3.05 bits per heavy atom. The maximum absolute atomic E-state index is 5.86. The van der Waals surface area contributed by atoms with Gasteiger partial charge in [0.1, 0.15) is 12.4 Å². The van der Waals surface area contributed by atoms with E-state index in [-0.39, 0.29) is 0 Å². The van der Waals surface area contributed by atoms with Gasteiger partial charge in [0.2, 0.25) is 0 Å². The fourth-order valence-corrected chi connectivity index (χ4v) is 3.57. The molecule has 4 nitrogen and oxygen atoms in total. The molecule has 2 heterocycles. The lowest BCUT2D eigenvalue weighted by atomic mass is 10.1. The van der Waals surface area contributed by atoms with Crippen molar-refractivity contribution in [3.05, 3.63) is 24.0 Å². The first kappa shape index (κ1) is 15.1. The number of nitrogens with zero attached hydrogens (tertiary/aromatic N) is 1. The van der Waals surface area contributed by atoms with Gasteiger partial charge in [0.05, 0.1) is 6.20 Å². The van der Waals surface area contributed by atoms with Crippen LogP contribution >= 0.6 is 11.9 Å². The molecule has 4 atom stereocenters. The van der Waals surface area contributed by atoms with Gasteiger partial charge in [0.25, 0.3) is 0 Å². The van der Waals surface area contributed by atoms with Crippen molar-refractivity contribution in [1.82, 2.24) is 15.0 Å². The first-order valence-corrected chi connectivity index (χ1v) is 9.09. The van der Waals surface area contributed by atoms with E-state index >= 15 is 0 Å². The van der Waals surface area contributed by atoms with E-state index in [0.717, 1.165) is 37.3 Å². The summed E-state index contributed by atoms with van der Waals surface area (Å²) in [6, 6.07) is 2.72. The average molecular weight is 307 g/mol. The molecule has 0 spiro atoms. The first-order valence-electron chi connectivity index (χ1n) is 7.86. The molecule has 2 fully saturated rings. The van der Waals surface area contributed by atoms with Gasteiger partial charge in [-0.15, -0.1) is 0 Å². The highest BCUT2D eigenvalue weighted by atomic mass is 32.2. The number of aromatic nitrogens is 1. The van der Waals surface area contributed by atoms with Crippen LogP contribution in [0.1, 0.15) is 31.2 Å². The molecule has 5 heteroatoms. The van der Waals surface area contributed by atoms with Crippen molar-refractivity contribution in [3.8, 4) is 5.75 Å². The molecular formula is C16H25N3OS. The molecule has 21 heavy (non-hydrogen) atoms. The average Bonchev–Trinajstić information content (AvgIpc) is 3.08. The van der Waals surface area contributed by atoms with E-state index in [1.807, 2.05) is 12.4 Å². The van der Waals surface area contributed by atoms with Gasteiger partial charge < -0.3 is 10.1 Å². The quantitative estimate of drug-likeness (QED) is 0.570. The fourth-order valence-electron chi connectivity index (χ4n) is 3.25. The lowest BCUT2D eigenvalue weighted by molar-refractivity contribution is 0.216. The minimum absolute atomic E-state index is 0.527. The molecule has 1 aromatic rings. The molecule has 1 saturated carbocycles. The van der Waals surface area contributed by atoms with Crippen LogP contribution in [0.4, 0.5) is 0 Å².